The average molecular weight is 280 g/mol. The Labute approximate surface area is 101 Å². The van der Waals surface area contributed by atoms with Crippen LogP contribution in [0.1, 0.15) is 5.56 Å². The molecule has 100 valence electrons. The van der Waals surface area contributed by atoms with E-state index in [-0.39, 0.29) is 0 Å². The molecular weight excluding hydrogens is 277 g/mol. The summed E-state index contributed by atoms with van der Waals surface area (Å²) in [4.78, 5) is 0. The Kier molecular flexibility index (Phi) is 3.21. The highest BCUT2D eigenvalue weighted by Crippen LogP contribution is 2.34. The molecule has 0 saturated carbocycles. The summed E-state index contributed by atoms with van der Waals surface area (Å²) in [5, 5.41) is -1.91. The van der Waals surface area contributed by atoms with Crippen LogP contribution < -0.4 is 0 Å². The summed E-state index contributed by atoms with van der Waals surface area (Å²) in [6.07, 6.45) is -2.78. The molecule has 0 aromatic heterocycles. The lowest BCUT2D eigenvalue weighted by atomic mass is 10.0. The number of benzene rings is 2. The van der Waals surface area contributed by atoms with Crippen LogP contribution in [0.3, 0.4) is 0 Å². The van der Waals surface area contributed by atoms with Crippen molar-refractivity contribution in [3.63, 3.8) is 0 Å². The first-order valence-corrected chi connectivity index (χ1v) is 4.82. The Balaban J connectivity index is 3.02. The highest BCUT2D eigenvalue weighted by molar-refractivity contribution is 5.93. The van der Waals surface area contributed by atoms with E-state index >= 15 is 0 Å². The van der Waals surface area contributed by atoms with Crippen LogP contribution in [0.4, 0.5) is 30.7 Å². The van der Waals surface area contributed by atoms with E-state index in [9.17, 15) is 30.7 Å². The maximum atomic E-state index is 13.5. The third kappa shape index (κ3) is 1.94. The minimum absolute atomic E-state index is 0.705. The van der Waals surface area contributed by atoms with Crippen molar-refractivity contribution in [2.75, 3.05) is 0 Å². The molecule has 0 nitrogen and oxygen atoms in total. The number of hydrogen-bond donors (Lipinski definition) is 0. The molecule has 0 aliphatic carbocycles. The molecule has 0 atom stereocenters. The van der Waals surface area contributed by atoms with Crippen LogP contribution in [0.15, 0.2) is 24.3 Å². The number of hydrogen-bond acceptors (Lipinski definition) is 0. The van der Waals surface area contributed by atoms with E-state index in [0.29, 0.717) is 6.07 Å². The van der Waals surface area contributed by atoms with Gasteiger partial charge in [0.25, 0.3) is 0 Å². The summed E-state index contributed by atoms with van der Waals surface area (Å²) < 4.78 is 90.4. The molecule has 0 saturated heterocycles. The molecule has 0 bridgehead atoms. The Morgan fingerprint density at radius 1 is 0.737 bits per heavy atom. The van der Waals surface area contributed by atoms with Crippen molar-refractivity contribution < 1.29 is 30.7 Å². The summed E-state index contributed by atoms with van der Waals surface area (Å²) in [5.74, 6) is -10.1. The van der Waals surface area contributed by atoms with Crippen molar-refractivity contribution in [1.82, 2.24) is 0 Å². The van der Waals surface area contributed by atoms with E-state index in [1.165, 1.54) is 0 Å². The maximum Gasteiger partial charge on any atom is 0.306 e. The van der Waals surface area contributed by atoms with E-state index in [1.807, 2.05) is 0 Å². The summed E-state index contributed by atoms with van der Waals surface area (Å²) in [6, 6.07) is 2.44. The van der Waals surface area contributed by atoms with Crippen molar-refractivity contribution in [2.45, 2.75) is 0 Å². The Morgan fingerprint density at radius 3 is 1.89 bits per heavy atom. The zero-order chi connectivity index (χ0) is 14.3. The Bertz CT molecular complexity index is 699. The van der Waals surface area contributed by atoms with Gasteiger partial charge in [-0.25, -0.2) is 22.0 Å². The van der Waals surface area contributed by atoms with Gasteiger partial charge in [0.2, 0.25) is 0 Å². The van der Waals surface area contributed by atoms with Gasteiger partial charge in [0.15, 0.2) is 29.1 Å². The molecular formula is C12H3F7. The van der Waals surface area contributed by atoms with Gasteiger partial charge >= 0.3 is 6.08 Å². The molecule has 0 N–H and O–H groups in total. The van der Waals surface area contributed by atoms with Gasteiger partial charge < -0.3 is 0 Å². The molecule has 0 aliphatic heterocycles. The van der Waals surface area contributed by atoms with Gasteiger partial charge in [0.05, 0.1) is 0 Å². The summed E-state index contributed by atoms with van der Waals surface area (Å²) in [6.45, 7) is 0. The minimum atomic E-state index is -2.78. The molecule has 0 heterocycles. The topological polar surface area (TPSA) is 0 Å². The molecule has 7 heteroatoms. The first-order valence-electron chi connectivity index (χ1n) is 4.82. The quantitative estimate of drug-likeness (QED) is 0.394. The first kappa shape index (κ1) is 13.4. The number of halogens is 7. The lowest BCUT2D eigenvalue weighted by molar-refractivity contribution is 0.409. The van der Waals surface area contributed by atoms with Crippen molar-refractivity contribution in [1.29, 1.82) is 0 Å². The van der Waals surface area contributed by atoms with Gasteiger partial charge in [-0.05, 0) is 0 Å². The van der Waals surface area contributed by atoms with Crippen LogP contribution in [0, 0.1) is 23.3 Å². The van der Waals surface area contributed by atoms with E-state index in [0.717, 1.165) is 12.1 Å². The normalized spacial score (nSPS) is 10.9. The molecule has 2 aromatic carbocycles. The van der Waals surface area contributed by atoms with Gasteiger partial charge in [0, 0.05) is 16.3 Å². The molecule has 0 spiro atoms. The molecule has 2 rings (SSSR count). The fourth-order valence-corrected chi connectivity index (χ4v) is 1.68. The fraction of sp³-hybridized carbons (Fsp3) is 0. The van der Waals surface area contributed by atoms with Crippen LogP contribution in [0.25, 0.3) is 16.6 Å². The number of fused-ring (bicyclic) bond motifs is 1. The van der Waals surface area contributed by atoms with Gasteiger partial charge in [-0.3, -0.25) is 0 Å². The van der Waals surface area contributed by atoms with Gasteiger partial charge in [0.1, 0.15) is 0 Å². The van der Waals surface area contributed by atoms with Crippen LogP contribution in [0.5, 0.6) is 0 Å². The zero-order valence-electron chi connectivity index (χ0n) is 8.88. The fourth-order valence-electron chi connectivity index (χ4n) is 1.68. The monoisotopic (exact) mass is 280 g/mol. The summed E-state index contributed by atoms with van der Waals surface area (Å²) in [5.41, 5.74) is -1.05. The van der Waals surface area contributed by atoms with E-state index in [1.54, 1.807) is 0 Å². The second kappa shape index (κ2) is 4.56. The molecule has 0 radical (unpaired) electrons. The highest BCUT2D eigenvalue weighted by atomic mass is 19.3. The van der Waals surface area contributed by atoms with E-state index in [2.05, 4.69) is 0 Å². The molecule has 0 amide bonds. The van der Waals surface area contributed by atoms with Crippen molar-refractivity contribution in [3.8, 4) is 0 Å². The summed E-state index contributed by atoms with van der Waals surface area (Å²) in [7, 11) is 0. The average Bonchev–Trinajstić information content (AvgIpc) is 2.40. The van der Waals surface area contributed by atoms with Crippen LogP contribution in [-0.2, 0) is 0 Å². The molecule has 2 aromatic rings. The largest absolute Gasteiger partial charge is 0.306 e. The standard InChI is InChI=1S/C12H3F7/c13-7-4-2-1-3-5(8(14)12(18)19)6(4)9(15)11(17)10(7)16/h1-3H. The predicted molar refractivity (Wildman–Crippen MR) is 54.0 cm³/mol. The van der Waals surface area contributed by atoms with Crippen LogP contribution >= 0.6 is 0 Å². The third-order valence-electron chi connectivity index (χ3n) is 2.50. The Morgan fingerprint density at radius 2 is 1.32 bits per heavy atom. The van der Waals surface area contributed by atoms with Crippen molar-refractivity contribution >= 4 is 16.6 Å². The molecule has 19 heavy (non-hydrogen) atoms. The van der Waals surface area contributed by atoms with Crippen molar-refractivity contribution in [3.05, 3.63) is 53.1 Å². The second-order valence-corrected chi connectivity index (χ2v) is 3.56. The van der Waals surface area contributed by atoms with E-state index < -0.39 is 51.5 Å². The minimum Gasteiger partial charge on any atom is -0.203 e. The second-order valence-electron chi connectivity index (χ2n) is 3.56. The lowest BCUT2D eigenvalue weighted by Gasteiger charge is -2.08. The maximum absolute atomic E-state index is 13.5. The van der Waals surface area contributed by atoms with Crippen LogP contribution in [0.2, 0.25) is 0 Å². The SMILES string of the molecule is FC(F)=C(F)c1cccc2c(F)c(F)c(F)c(F)c12. The highest BCUT2D eigenvalue weighted by Gasteiger charge is 2.24. The lowest BCUT2D eigenvalue weighted by Crippen LogP contribution is -2.00. The third-order valence-corrected chi connectivity index (χ3v) is 2.50. The van der Waals surface area contributed by atoms with Gasteiger partial charge in [-0.15, -0.1) is 0 Å². The van der Waals surface area contributed by atoms with E-state index in [4.69, 9.17) is 0 Å². The molecule has 0 fully saturated rings. The van der Waals surface area contributed by atoms with Crippen molar-refractivity contribution in [2.24, 2.45) is 0 Å². The first-order chi connectivity index (χ1) is 8.86. The number of rotatable bonds is 1. The summed E-state index contributed by atoms with van der Waals surface area (Å²) >= 11 is 0. The smallest absolute Gasteiger partial charge is 0.203 e. The van der Waals surface area contributed by atoms with Gasteiger partial charge in [-0.2, -0.15) is 8.78 Å². The Hall–Kier alpha value is -2.05. The predicted octanol–water partition coefficient (Wildman–Crippen LogP) is 4.93. The van der Waals surface area contributed by atoms with Gasteiger partial charge in [-0.1, -0.05) is 18.2 Å². The zero-order valence-corrected chi connectivity index (χ0v) is 8.88. The molecule has 0 unspecified atom stereocenters. The van der Waals surface area contributed by atoms with Crippen LogP contribution in [-0.4, -0.2) is 0 Å². The molecule has 0 aliphatic rings.